The van der Waals surface area contributed by atoms with Gasteiger partial charge in [-0.3, -0.25) is 4.90 Å². The van der Waals surface area contributed by atoms with Crippen molar-refractivity contribution in [3.8, 4) is 0 Å². The van der Waals surface area contributed by atoms with Crippen molar-refractivity contribution >= 4 is 5.95 Å². The van der Waals surface area contributed by atoms with Crippen LogP contribution in [-0.4, -0.2) is 37.2 Å². The molecule has 0 spiro atoms. The number of tetrazole rings is 1. The van der Waals surface area contributed by atoms with Crippen LogP contribution in [-0.2, 0) is 38.4 Å². The Kier molecular flexibility index (Phi) is 8.20. The van der Waals surface area contributed by atoms with Crippen LogP contribution in [0.2, 0.25) is 0 Å². The van der Waals surface area contributed by atoms with Crippen molar-refractivity contribution in [2.24, 2.45) is 7.05 Å². The molecule has 2 aromatic carbocycles. The van der Waals surface area contributed by atoms with Crippen molar-refractivity contribution in [3.05, 3.63) is 69.8 Å². The van der Waals surface area contributed by atoms with Crippen LogP contribution < -0.4 is 4.90 Å². The third-order valence-corrected chi connectivity index (χ3v) is 8.38. The van der Waals surface area contributed by atoms with Gasteiger partial charge in [0.05, 0.1) is 18.2 Å². The van der Waals surface area contributed by atoms with Gasteiger partial charge in [-0.1, -0.05) is 30.6 Å². The van der Waals surface area contributed by atoms with Crippen LogP contribution in [0.1, 0.15) is 85.4 Å². The van der Waals surface area contributed by atoms with E-state index in [2.05, 4.69) is 20.3 Å². The highest BCUT2D eigenvalue weighted by Crippen LogP contribution is 2.46. The molecule has 2 aliphatic heterocycles. The van der Waals surface area contributed by atoms with Crippen molar-refractivity contribution in [3.63, 3.8) is 0 Å². The number of aryl methyl sites for hydroxylation is 1. The van der Waals surface area contributed by atoms with E-state index < -0.39 is 35.9 Å². The first-order valence-electron chi connectivity index (χ1n) is 14.1. The lowest BCUT2D eigenvalue weighted by molar-refractivity contribution is -0.143. The minimum atomic E-state index is -5.02. The number of hydrogen-bond donors (Lipinski definition) is 0. The van der Waals surface area contributed by atoms with Crippen LogP contribution in [0.4, 0.5) is 41.1 Å². The van der Waals surface area contributed by atoms with Gasteiger partial charge >= 0.3 is 12.4 Å². The van der Waals surface area contributed by atoms with Crippen molar-refractivity contribution in [2.45, 2.75) is 95.4 Å². The first-order valence-corrected chi connectivity index (χ1v) is 14.1. The second-order valence-electron chi connectivity index (χ2n) is 11.5. The van der Waals surface area contributed by atoms with Gasteiger partial charge in [0, 0.05) is 43.7 Å². The summed E-state index contributed by atoms with van der Waals surface area (Å²) in [5.41, 5.74) is -2.21. The molecule has 43 heavy (non-hydrogen) atoms. The highest BCUT2D eigenvalue weighted by molar-refractivity contribution is 5.42. The SMILES string of the molecule is CCC(c1ccc(C(C)(F)F)cc1CN(Cc1cc(C(F)(F)F)cc(C(F)(F)F)c1)c1nnn(C)n1)N1[C@@H]2CCC[C@H]1C2. The number of piperidine rings is 1. The normalized spacial score (nSPS) is 20.2. The maximum Gasteiger partial charge on any atom is 0.416 e. The van der Waals surface area contributed by atoms with Crippen LogP contribution in [0.5, 0.6) is 0 Å². The Balaban J connectivity index is 1.58. The maximum atomic E-state index is 14.5. The van der Waals surface area contributed by atoms with Gasteiger partial charge in [0.25, 0.3) is 11.9 Å². The van der Waals surface area contributed by atoms with Gasteiger partial charge in [-0.25, -0.2) is 8.78 Å². The number of anilines is 1. The van der Waals surface area contributed by atoms with E-state index in [9.17, 15) is 35.1 Å². The van der Waals surface area contributed by atoms with Crippen LogP contribution in [0.15, 0.2) is 36.4 Å². The molecule has 6 nitrogen and oxygen atoms in total. The zero-order chi connectivity index (χ0) is 31.3. The number of halogens is 8. The summed E-state index contributed by atoms with van der Waals surface area (Å²) in [4.78, 5) is 4.88. The number of nitrogens with zero attached hydrogens (tertiary/aromatic N) is 6. The lowest BCUT2D eigenvalue weighted by Gasteiger charge is -2.56. The summed E-state index contributed by atoms with van der Waals surface area (Å²) < 4.78 is 111. The minimum Gasteiger partial charge on any atom is -0.330 e. The van der Waals surface area contributed by atoms with Gasteiger partial charge in [0.15, 0.2) is 0 Å². The molecule has 3 aromatic rings. The molecule has 0 radical (unpaired) electrons. The van der Waals surface area contributed by atoms with Gasteiger partial charge in [-0.2, -0.15) is 31.1 Å². The Hall–Kier alpha value is -3.29. The summed E-state index contributed by atoms with van der Waals surface area (Å²) in [6.07, 6.45) is -5.08. The summed E-state index contributed by atoms with van der Waals surface area (Å²) in [6, 6.07) is 6.43. The van der Waals surface area contributed by atoms with Crippen LogP contribution in [0.3, 0.4) is 0 Å². The fourth-order valence-corrected chi connectivity index (χ4v) is 6.42. The van der Waals surface area contributed by atoms with E-state index in [0.29, 0.717) is 36.2 Å². The molecule has 0 N–H and O–H groups in total. The van der Waals surface area contributed by atoms with Crippen LogP contribution in [0, 0.1) is 0 Å². The Morgan fingerprint density at radius 2 is 1.51 bits per heavy atom. The molecule has 2 aliphatic rings. The number of rotatable bonds is 9. The first kappa shape index (κ1) is 31.1. The molecular formula is C29H32F8N6. The highest BCUT2D eigenvalue weighted by atomic mass is 19.4. The number of benzene rings is 2. The summed E-state index contributed by atoms with van der Waals surface area (Å²) in [5.74, 6) is -3.25. The molecule has 3 heterocycles. The highest BCUT2D eigenvalue weighted by Gasteiger charge is 2.45. The monoisotopic (exact) mass is 616 g/mol. The maximum absolute atomic E-state index is 14.5. The lowest BCUT2D eigenvalue weighted by atomic mass is 9.76. The van der Waals surface area contributed by atoms with E-state index in [1.54, 1.807) is 6.07 Å². The van der Waals surface area contributed by atoms with E-state index in [1.165, 1.54) is 24.1 Å². The second kappa shape index (κ2) is 11.3. The van der Waals surface area contributed by atoms with Gasteiger partial charge < -0.3 is 4.90 Å². The molecule has 5 rings (SSSR count). The number of aromatic nitrogens is 4. The molecule has 2 bridgehead atoms. The molecule has 1 unspecified atom stereocenters. The standard InChI is InChI=1S/C29H32F8N6/c1-4-25(43-22-6-5-7-23(43)14-22)24-9-8-19(27(2,30)31)12-18(24)16-42(26-38-40-41(3)39-26)15-17-10-20(28(32,33)34)13-21(11-17)29(35,36)37/h8-13,22-23,25H,4-7,14-16H2,1-3H3/t22-,23+,25?. The van der Waals surface area contributed by atoms with Gasteiger partial charge in [-0.05, 0) is 71.9 Å². The van der Waals surface area contributed by atoms with Crippen LogP contribution in [0.25, 0.3) is 0 Å². The smallest absolute Gasteiger partial charge is 0.330 e. The third kappa shape index (κ3) is 6.63. The lowest BCUT2D eigenvalue weighted by Crippen LogP contribution is -2.59. The van der Waals surface area contributed by atoms with E-state index in [0.717, 1.165) is 43.0 Å². The summed E-state index contributed by atoms with van der Waals surface area (Å²) in [6.45, 7) is 2.17. The molecule has 2 saturated heterocycles. The van der Waals surface area contributed by atoms with Gasteiger partial charge in [0.1, 0.15) is 0 Å². The zero-order valence-electron chi connectivity index (χ0n) is 23.9. The van der Waals surface area contributed by atoms with Crippen molar-refractivity contribution < 1.29 is 35.1 Å². The number of fused-ring (bicyclic) bond motifs is 2. The fourth-order valence-electron chi connectivity index (χ4n) is 6.42. The van der Waals surface area contributed by atoms with Gasteiger partial charge in [-0.15, -0.1) is 5.10 Å². The topological polar surface area (TPSA) is 50.1 Å². The summed E-state index contributed by atoms with van der Waals surface area (Å²) in [5, 5.41) is 11.9. The summed E-state index contributed by atoms with van der Waals surface area (Å²) >= 11 is 0. The molecule has 234 valence electrons. The van der Waals surface area contributed by atoms with Crippen molar-refractivity contribution in [2.75, 3.05) is 4.90 Å². The first-order chi connectivity index (χ1) is 20.0. The molecule has 0 amide bonds. The van der Waals surface area contributed by atoms with Crippen LogP contribution >= 0.6 is 0 Å². The second-order valence-corrected chi connectivity index (χ2v) is 11.5. The minimum absolute atomic E-state index is 0.0646. The van der Waals surface area contributed by atoms with Crippen molar-refractivity contribution in [1.82, 2.24) is 25.1 Å². The summed E-state index contributed by atoms with van der Waals surface area (Å²) in [7, 11) is 1.46. The average molecular weight is 617 g/mol. The predicted octanol–water partition coefficient (Wildman–Crippen LogP) is 7.64. The predicted molar refractivity (Wildman–Crippen MR) is 142 cm³/mol. The molecule has 0 saturated carbocycles. The third-order valence-electron chi connectivity index (χ3n) is 8.38. The zero-order valence-corrected chi connectivity index (χ0v) is 23.9. The Morgan fingerprint density at radius 1 is 0.884 bits per heavy atom. The average Bonchev–Trinajstić information content (AvgIpc) is 3.36. The molecule has 0 aliphatic carbocycles. The van der Waals surface area contributed by atoms with Crippen molar-refractivity contribution in [1.29, 1.82) is 0 Å². The Labute approximate surface area is 243 Å². The molecular weight excluding hydrogens is 584 g/mol. The van der Waals surface area contributed by atoms with E-state index in [4.69, 9.17) is 0 Å². The number of hydrogen-bond acceptors (Lipinski definition) is 5. The van der Waals surface area contributed by atoms with E-state index >= 15 is 0 Å². The van der Waals surface area contributed by atoms with Gasteiger partial charge in [0.2, 0.25) is 0 Å². The Morgan fingerprint density at radius 3 is 2.00 bits per heavy atom. The molecule has 2 fully saturated rings. The Bertz CT molecular complexity index is 1400. The number of alkyl halides is 8. The largest absolute Gasteiger partial charge is 0.416 e. The molecule has 3 atom stereocenters. The van der Waals surface area contributed by atoms with E-state index in [-0.39, 0.29) is 35.7 Å². The van der Waals surface area contributed by atoms with E-state index in [1.807, 2.05) is 6.92 Å². The molecule has 1 aromatic heterocycles. The molecule has 14 heteroatoms. The quantitative estimate of drug-likeness (QED) is 0.231. The fraction of sp³-hybridized carbons (Fsp3) is 0.552.